The fourth-order valence-electron chi connectivity index (χ4n) is 3.03. The first-order valence-electron chi connectivity index (χ1n) is 8.43. The van der Waals surface area contributed by atoms with E-state index in [9.17, 15) is 14.4 Å². The van der Waals surface area contributed by atoms with Crippen LogP contribution in [0.1, 0.15) is 56.7 Å². The number of nitrogens with zero attached hydrogens (tertiary/aromatic N) is 4. The summed E-state index contributed by atoms with van der Waals surface area (Å²) in [5.74, 6) is -2.15. The van der Waals surface area contributed by atoms with Crippen molar-refractivity contribution in [3.05, 3.63) is 58.9 Å². The minimum absolute atomic E-state index is 0.116. The largest absolute Gasteiger partial charge is 0.365 e. The van der Waals surface area contributed by atoms with E-state index in [1.807, 2.05) is 13.8 Å². The molecule has 2 amide bonds. The van der Waals surface area contributed by atoms with Crippen LogP contribution < -0.4 is 0 Å². The molecule has 136 valence electrons. The van der Waals surface area contributed by atoms with Crippen molar-refractivity contribution in [3.63, 3.8) is 0 Å². The quantitative estimate of drug-likeness (QED) is 0.663. The molecule has 2 aromatic heterocycles. The molecule has 1 aromatic carbocycles. The van der Waals surface area contributed by atoms with Crippen LogP contribution in [0.25, 0.3) is 11.0 Å². The molecule has 0 N–H and O–H groups in total. The Bertz CT molecular complexity index is 1080. The number of pyridine rings is 1. The van der Waals surface area contributed by atoms with Gasteiger partial charge < -0.3 is 4.84 Å². The highest BCUT2D eigenvalue weighted by Crippen LogP contribution is 2.25. The molecule has 0 atom stereocenters. The van der Waals surface area contributed by atoms with Crippen LogP contribution in [0.15, 0.2) is 36.5 Å². The Morgan fingerprint density at radius 1 is 1.11 bits per heavy atom. The van der Waals surface area contributed by atoms with E-state index in [-0.39, 0.29) is 22.7 Å². The highest BCUT2D eigenvalue weighted by atomic mass is 16.7. The number of aromatic nitrogens is 3. The lowest BCUT2D eigenvalue weighted by Gasteiger charge is -2.14. The van der Waals surface area contributed by atoms with E-state index in [1.54, 1.807) is 36.0 Å². The van der Waals surface area contributed by atoms with Gasteiger partial charge in [-0.15, -0.1) is 0 Å². The van der Waals surface area contributed by atoms with Gasteiger partial charge in [0, 0.05) is 11.4 Å². The van der Waals surface area contributed by atoms with Crippen molar-refractivity contribution in [2.24, 2.45) is 0 Å². The molecule has 3 aromatic rings. The standard InChI is InChI=1S/C19H16N4O4/c1-10(2)22-16-12(9-20-22)8-15(11(3)21-16)19(26)27-23-17(24)13-6-4-5-7-14(13)18(23)25/h4-10H,1-3H3. The topological polar surface area (TPSA) is 94.4 Å². The van der Waals surface area contributed by atoms with E-state index in [0.29, 0.717) is 21.8 Å². The molecule has 0 spiro atoms. The number of rotatable bonds is 3. The van der Waals surface area contributed by atoms with Crippen molar-refractivity contribution < 1.29 is 19.2 Å². The van der Waals surface area contributed by atoms with E-state index in [0.717, 1.165) is 0 Å². The molecule has 0 radical (unpaired) electrons. The predicted molar refractivity (Wildman–Crippen MR) is 95.0 cm³/mol. The van der Waals surface area contributed by atoms with Crippen molar-refractivity contribution in [2.45, 2.75) is 26.8 Å². The third-order valence-electron chi connectivity index (χ3n) is 4.40. The minimum Gasteiger partial charge on any atom is -0.324 e. The number of hydroxylamine groups is 2. The van der Waals surface area contributed by atoms with Gasteiger partial charge >= 0.3 is 5.97 Å². The number of fused-ring (bicyclic) bond motifs is 2. The Kier molecular flexibility index (Phi) is 3.76. The molecular weight excluding hydrogens is 348 g/mol. The number of benzene rings is 1. The zero-order valence-electron chi connectivity index (χ0n) is 15.0. The van der Waals surface area contributed by atoms with Crippen LogP contribution in [0, 0.1) is 6.92 Å². The lowest BCUT2D eigenvalue weighted by molar-refractivity contribution is -0.0585. The number of amides is 2. The van der Waals surface area contributed by atoms with Gasteiger partial charge in [0.25, 0.3) is 11.8 Å². The molecule has 8 heteroatoms. The van der Waals surface area contributed by atoms with Gasteiger partial charge in [0.15, 0.2) is 5.65 Å². The average molecular weight is 364 g/mol. The van der Waals surface area contributed by atoms with Crippen LogP contribution in [-0.2, 0) is 4.84 Å². The fraction of sp³-hybridized carbons (Fsp3) is 0.211. The van der Waals surface area contributed by atoms with Crippen molar-refractivity contribution in [1.82, 2.24) is 19.8 Å². The molecule has 0 saturated heterocycles. The maximum absolute atomic E-state index is 12.6. The average Bonchev–Trinajstić information content (AvgIpc) is 3.16. The second-order valence-corrected chi connectivity index (χ2v) is 6.55. The van der Waals surface area contributed by atoms with Crippen molar-refractivity contribution in [1.29, 1.82) is 0 Å². The second kappa shape index (κ2) is 6.01. The van der Waals surface area contributed by atoms with Gasteiger partial charge in [-0.3, -0.25) is 9.59 Å². The SMILES string of the molecule is Cc1nc2c(cnn2C(C)C)cc1C(=O)ON1C(=O)c2ccccc2C1=O. The molecule has 1 aliphatic rings. The number of imide groups is 1. The van der Waals surface area contributed by atoms with E-state index >= 15 is 0 Å². The molecule has 27 heavy (non-hydrogen) atoms. The predicted octanol–water partition coefficient (Wildman–Crippen LogP) is 2.69. The number of aryl methyl sites for hydroxylation is 1. The Morgan fingerprint density at radius 3 is 2.33 bits per heavy atom. The summed E-state index contributed by atoms with van der Waals surface area (Å²) >= 11 is 0. The van der Waals surface area contributed by atoms with Crippen molar-refractivity contribution in [3.8, 4) is 0 Å². The monoisotopic (exact) mass is 364 g/mol. The van der Waals surface area contributed by atoms with Gasteiger partial charge in [-0.1, -0.05) is 17.2 Å². The first-order valence-corrected chi connectivity index (χ1v) is 8.43. The highest BCUT2D eigenvalue weighted by molar-refractivity contribution is 6.21. The molecule has 0 aliphatic carbocycles. The molecule has 4 rings (SSSR count). The maximum Gasteiger partial charge on any atom is 0.365 e. The van der Waals surface area contributed by atoms with Gasteiger partial charge in [-0.25, -0.2) is 14.5 Å². The Balaban J connectivity index is 1.65. The van der Waals surface area contributed by atoms with E-state index in [4.69, 9.17) is 4.84 Å². The number of carbonyl (C=O) groups is 3. The number of hydrogen-bond acceptors (Lipinski definition) is 6. The van der Waals surface area contributed by atoms with Crippen LogP contribution in [0.2, 0.25) is 0 Å². The summed E-state index contributed by atoms with van der Waals surface area (Å²) in [5.41, 5.74) is 1.66. The number of carbonyl (C=O) groups excluding carboxylic acids is 3. The first-order chi connectivity index (χ1) is 12.9. The second-order valence-electron chi connectivity index (χ2n) is 6.55. The highest BCUT2D eigenvalue weighted by Gasteiger charge is 2.39. The fourth-order valence-corrected chi connectivity index (χ4v) is 3.03. The maximum atomic E-state index is 12.6. The third-order valence-corrected chi connectivity index (χ3v) is 4.40. The van der Waals surface area contributed by atoms with Crippen LogP contribution in [-0.4, -0.2) is 37.6 Å². The van der Waals surface area contributed by atoms with E-state index in [1.165, 1.54) is 12.1 Å². The molecule has 0 saturated carbocycles. The summed E-state index contributed by atoms with van der Waals surface area (Å²) in [6.07, 6.45) is 1.61. The van der Waals surface area contributed by atoms with Gasteiger partial charge in [0.1, 0.15) is 0 Å². The summed E-state index contributed by atoms with van der Waals surface area (Å²) in [6, 6.07) is 8.04. The molecule has 0 bridgehead atoms. The van der Waals surface area contributed by atoms with Gasteiger partial charge in [0.2, 0.25) is 0 Å². The van der Waals surface area contributed by atoms with E-state index in [2.05, 4.69) is 10.1 Å². The lowest BCUT2D eigenvalue weighted by atomic mass is 10.1. The summed E-state index contributed by atoms with van der Waals surface area (Å²) in [7, 11) is 0. The summed E-state index contributed by atoms with van der Waals surface area (Å²) < 4.78 is 1.75. The molecule has 0 unspecified atom stereocenters. The number of hydrogen-bond donors (Lipinski definition) is 0. The Hall–Kier alpha value is -3.55. The molecular formula is C19H16N4O4. The summed E-state index contributed by atoms with van der Waals surface area (Å²) in [6.45, 7) is 5.62. The summed E-state index contributed by atoms with van der Waals surface area (Å²) in [5, 5.41) is 5.44. The van der Waals surface area contributed by atoms with Crippen LogP contribution >= 0.6 is 0 Å². The minimum atomic E-state index is -0.825. The van der Waals surface area contributed by atoms with Crippen molar-refractivity contribution >= 4 is 28.8 Å². The normalized spacial score (nSPS) is 13.6. The third kappa shape index (κ3) is 2.57. The smallest absolute Gasteiger partial charge is 0.324 e. The molecule has 1 aliphatic heterocycles. The van der Waals surface area contributed by atoms with Gasteiger partial charge in [-0.2, -0.15) is 5.10 Å². The first kappa shape index (κ1) is 16.9. The zero-order valence-corrected chi connectivity index (χ0v) is 15.0. The van der Waals surface area contributed by atoms with Crippen LogP contribution in [0.4, 0.5) is 0 Å². The zero-order chi connectivity index (χ0) is 19.3. The van der Waals surface area contributed by atoms with Gasteiger partial charge in [-0.05, 0) is 39.0 Å². The Morgan fingerprint density at radius 2 is 1.74 bits per heavy atom. The Labute approximate surface area is 154 Å². The van der Waals surface area contributed by atoms with Crippen LogP contribution in [0.5, 0.6) is 0 Å². The lowest BCUT2D eigenvalue weighted by Crippen LogP contribution is -2.33. The molecule has 8 nitrogen and oxygen atoms in total. The van der Waals surface area contributed by atoms with Crippen LogP contribution in [0.3, 0.4) is 0 Å². The van der Waals surface area contributed by atoms with E-state index < -0.39 is 17.8 Å². The van der Waals surface area contributed by atoms with Gasteiger partial charge in [0.05, 0.1) is 28.6 Å². The summed E-state index contributed by atoms with van der Waals surface area (Å²) in [4.78, 5) is 46.9. The van der Waals surface area contributed by atoms with Crippen molar-refractivity contribution in [2.75, 3.05) is 0 Å². The molecule has 0 fully saturated rings. The molecule has 3 heterocycles.